The molecule has 0 saturated heterocycles. The molecule has 0 amide bonds. The predicted molar refractivity (Wildman–Crippen MR) is 104 cm³/mol. The number of phenols is 1. The predicted octanol–water partition coefficient (Wildman–Crippen LogP) is 4.48. The Morgan fingerprint density at radius 1 is 1.14 bits per heavy atom. The summed E-state index contributed by atoms with van der Waals surface area (Å²) in [6, 6.07) is 8.30. The van der Waals surface area contributed by atoms with Gasteiger partial charge in [-0.25, -0.2) is 4.79 Å². The molecule has 4 nitrogen and oxygen atoms in total. The van der Waals surface area contributed by atoms with Crippen molar-refractivity contribution in [2.75, 3.05) is 0 Å². The first kappa shape index (κ1) is 17.1. The van der Waals surface area contributed by atoms with Gasteiger partial charge in [0, 0.05) is 22.3 Å². The Kier molecular flexibility index (Phi) is 5.94. The number of hydrogen-bond acceptors (Lipinski definition) is 3. The van der Waals surface area contributed by atoms with Crippen LogP contribution in [0.5, 0.6) is 11.5 Å². The highest BCUT2D eigenvalue weighted by molar-refractivity contribution is 14.1. The lowest BCUT2D eigenvalue weighted by Crippen LogP contribution is -2.01. The van der Waals surface area contributed by atoms with E-state index in [9.17, 15) is 9.90 Å². The third-order valence-electron chi connectivity index (χ3n) is 2.66. The SMILES string of the molecule is O=C(O)c1ccc(OCc2cc(I)cc(I)c2I)cc1O. The minimum Gasteiger partial charge on any atom is -0.507 e. The summed E-state index contributed by atoms with van der Waals surface area (Å²) in [6.07, 6.45) is 0. The average Bonchev–Trinajstić information content (AvgIpc) is 2.40. The second kappa shape index (κ2) is 7.31. The molecule has 0 aromatic heterocycles. The molecule has 0 radical (unpaired) electrons. The fourth-order valence-electron chi connectivity index (χ4n) is 1.66. The number of benzene rings is 2. The number of rotatable bonds is 4. The summed E-state index contributed by atoms with van der Waals surface area (Å²) in [7, 11) is 0. The van der Waals surface area contributed by atoms with E-state index in [1.54, 1.807) is 0 Å². The van der Waals surface area contributed by atoms with Crippen molar-refractivity contribution in [1.29, 1.82) is 0 Å². The summed E-state index contributed by atoms with van der Waals surface area (Å²) in [5.41, 5.74) is 0.912. The van der Waals surface area contributed by atoms with Crippen LogP contribution in [0.25, 0.3) is 0 Å². The van der Waals surface area contributed by atoms with Crippen molar-refractivity contribution in [1.82, 2.24) is 0 Å². The van der Waals surface area contributed by atoms with Crippen molar-refractivity contribution in [3.63, 3.8) is 0 Å². The lowest BCUT2D eigenvalue weighted by atomic mass is 10.2. The van der Waals surface area contributed by atoms with E-state index in [-0.39, 0.29) is 11.3 Å². The molecule has 2 rings (SSSR count). The van der Waals surface area contributed by atoms with Gasteiger partial charge in [-0.15, -0.1) is 0 Å². The fourth-order valence-corrected chi connectivity index (χ4v) is 4.09. The highest BCUT2D eigenvalue weighted by Crippen LogP contribution is 2.27. The normalized spacial score (nSPS) is 10.4. The van der Waals surface area contributed by atoms with E-state index in [2.05, 4.69) is 73.8 Å². The summed E-state index contributed by atoms with van der Waals surface area (Å²) < 4.78 is 9.04. The number of aromatic hydroxyl groups is 1. The van der Waals surface area contributed by atoms with Crippen molar-refractivity contribution in [2.45, 2.75) is 6.61 Å². The molecular weight excluding hydrogens is 613 g/mol. The van der Waals surface area contributed by atoms with E-state index < -0.39 is 5.97 Å². The minimum absolute atomic E-state index is 0.138. The third kappa shape index (κ3) is 4.34. The van der Waals surface area contributed by atoms with Gasteiger partial charge >= 0.3 is 5.97 Å². The Morgan fingerprint density at radius 2 is 1.86 bits per heavy atom. The van der Waals surface area contributed by atoms with Gasteiger partial charge in [0.15, 0.2) is 0 Å². The second-order valence-electron chi connectivity index (χ2n) is 4.13. The number of aromatic carboxylic acids is 1. The maximum absolute atomic E-state index is 10.8. The van der Waals surface area contributed by atoms with Crippen LogP contribution in [0.2, 0.25) is 0 Å². The molecule has 2 aromatic rings. The van der Waals surface area contributed by atoms with Gasteiger partial charge in [-0.2, -0.15) is 0 Å². The van der Waals surface area contributed by atoms with Crippen molar-refractivity contribution < 1.29 is 19.7 Å². The van der Waals surface area contributed by atoms with E-state index in [0.29, 0.717) is 12.4 Å². The van der Waals surface area contributed by atoms with Crippen LogP contribution in [-0.2, 0) is 6.61 Å². The Bertz CT molecular complexity index is 701. The molecule has 0 saturated carbocycles. The average molecular weight is 622 g/mol. The number of carbonyl (C=O) groups is 1. The summed E-state index contributed by atoms with van der Waals surface area (Å²) in [6.45, 7) is 0.358. The van der Waals surface area contributed by atoms with Crippen LogP contribution in [0.4, 0.5) is 0 Å². The molecule has 21 heavy (non-hydrogen) atoms. The molecule has 7 heteroatoms. The van der Waals surface area contributed by atoms with Gasteiger partial charge in [0.05, 0.1) is 0 Å². The number of halogens is 3. The maximum atomic E-state index is 10.8. The molecule has 0 unspecified atom stereocenters. The van der Waals surface area contributed by atoms with E-state index >= 15 is 0 Å². The molecule has 0 bridgehead atoms. The first-order valence-electron chi connectivity index (χ1n) is 5.71. The molecule has 0 aliphatic heterocycles. The van der Waals surface area contributed by atoms with Crippen LogP contribution in [0, 0.1) is 10.7 Å². The van der Waals surface area contributed by atoms with Gasteiger partial charge in [0.2, 0.25) is 0 Å². The largest absolute Gasteiger partial charge is 0.507 e. The topological polar surface area (TPSA) is 66.8 Å². The molecule has 0 heterocycles. The number of hydrogen-bond donors (Lipinski definition) is 2. The van der Waals surface area contributed by atoms with Crippen molar-refractivity contribution in [3.05, 3.63) is 52.2 Å². The summed E-state index contributed by atoms with van der Waals surface area (Å²) in [4.78, 5) is 10.8. The fraction of sp³-hybridized carbons (Fsp3) is 0.0714. The first-order valence-corrected chi connectivity index (χ1v) is 8.94. The standard InChI is InChI=1S/C14H9I3O4/c15-8-3-7(13(17)11(16)4-8)6-21-9-1-2-10(14(19)20)12(18)5-9/h1-5,18H,6H2,(H,19,20). The number of carboxylic acid groups (broad SMARTS) is 1. The summed E-state index contributed by atoms with van der Waals surface area (Å²) in [5.74, 6) is -1.03. The van der Waals surface area contributed by atoms with Crippen LogP contribution < -0.4 is 4.74 Å². The van der Waals surface area contributed by atoms with Gasteiger partial charge in [-0.1, -0.05) is 0 Å². The maximum Gasteiger partial charge on any atom is 0.339 e. The number of carboxylic acids is 1. The zero-order valence-corrected chi connectivity index (χ0v) is 16.9. The van der Waals surface area contributed by atoms with Crippen LogP contribution in [0.15, 0.2) is 30.3 Å². The van der Waals surface area contributed by atoms with Crippen molar-refractivity contribution in [2.24, 2.45) is 0 Å². The Morgan fingerprint density at radius 3 is 2.48 bits per heavy atom. The quantitative estimate of drug-likeness (QED) is 0.390. The highest BCUT2D eigenvalue weighted by atomic mass is 127. The van der Waals surface area contributed by atoms with Gasteiger partial charge in [0.25, 0.3) is 0 Å². The van der Waals surface area contributed by atoms with Crippen LogP contribution in [0.1, 0.15) is 15.9 Å². The Labute approximate surface area is 162 Å². The van der Waals surface area contributed by atoms with Gasteiger partial charge in [0.1, 0.15) is 23.7 Å². The van der Waals surface area contributed by atoms with Crippen molar-refractivity contribution in [3.8, 4) is 11.5 Å². The summed E-state index contributed by atoms with van der Waals surface area (Å²) >= 11 is 6.79. The van der Waals surface area contributed by atoms with E-state index in [1.807, 2.05) is 6.07 Å². The lowest BCUT2D eigenvalue weighted by molar-refractivity contribution is 0.0693. The van der Waals surface area contributed by atoms with Gasteiger partial charge in [-0.3, -0.25) is 0 Å². The summed E-state index contributed by atoms with van der Waals surface area (Å²) in [5, 5.41) is 18.5. The van der Waals surface area contributed by atoms with Crippen molar-refractivity contribution >= 4 is 73.7 Å². The van der Waals surface area contributed by atoms with Crippen LogP contribution in [-0.4, -0.2) is 16.2 Å². The molecule has 0 atom stereocenters. The Hall–Kier alpha value is -0.300. The van der Waals surface area contributed by atoms with Gasteiger partial charge in [-0.05, 0) is 92.0 Å². The zero-order valence-electron chi connectivity index (χ0n) is 10.4. The molecule has 2 aromatic carbocycles. The molecular formula is C14H9I3O4. The van der Waals surface area contributed by atoms with E-state index in [4.69, 9.17) is 9.84 Å². The van der Waals surface area contributed by atoms with Crippen LogP contribution in [0.3, 0.4) is 0 Å². The monoisotopic (exact) mass is 622 g/mol. The third-order valence-corrected chi connectivity index (χ3v) is 6.44. The minimum atomic E-state index is -1.17. The van der Waals surface area contributed by atoms with Gasteiger partial charge < -0.3 is 14.9 Å². The lowest BCUT2D eigenvalue weighted by Gasteiger charge is -2.11. The molecule has 0 spiro atoms. The van der Waals surface area contributed by atoms with Crippen LogP contribution >= 0.6 is 67.8 Å². The molecule has 0 aliphatic rings. The zero-order chi connectivity index (χ0) is 15.6. The molecule has 110 valence electrons. The first-order chi connectivity index (χ1) is 9.88. The number of ether oxygens (including phenoxy) is 1. The van der Waals surface area contributed by atoms with E-state index in [1.165, 1.54) is 18.2 Å². The second-order valence-corrected chi connectivity index (χ2v) is 7.62. The molecule has 0 fully saturated rings. The molecule has 0 aliphatic carbocycles. The Balaban J connectivity index is 2.17. The molecule has 2 N–H and O–H groups in total. The highest BCUT2D eigenvalue weighted by Gasteiger charge is 2.11. The smallest absolute Gasteiger partial charge is 0.339 e. The van der Waals surface area contributed by atoms with E-state index in [0.717, 1.165) is 16.3 Å².